The molecule has 0 saturated carbocycles. The van der Waals surface area contributed by atoms with E-state index in [0.29, 0.717) is 11.4 Å². The van der Waals surface area contributed by atoms with E-state index in [1.54, 1.807) is 18.3 Å². The molecule has 0 fully saturated rings. The van der Waals surface area contributed by atoms with Crippen molar-refractivity contribution in [3.63, 3.8) is 0 Å². The Morgan fingerprint density at radius 3 is 2.65 bits per heavy atom. The molecule has 1 aromatic heterocycles. The molecule has 0 radical (unpaired) electrons. The molecule has 0 aliphatic heterocycles. The van der Waals surface area contributed by atoms with Crippen LogP contribution in [0.2, 0.25) is 0 Å². The Morgan fingerprint density at radius 1 is 1.18 bits per heavy atom. The van der Waals surface area contributed by atoms with Crippen molar-refractivity contribution in [2.24, 2.45) is 0 Å². The molecule has 1 heterocycles. The van der Waals surface area contributed by atoms with Crippen LogP contribution in [0, 0.1) is 0 Å². The highest BCUT2D eigenvalue weighted by Gasteiger charge is 2.08. The second kappa shape index (κ2) is 5.25. The smallest absolute Gasteiger partial charge is 0.256 e. The monoisotopic (exact) mass is 226 g/mol. The largest absolute Gasteiger partial charge is 0.306 e. The fourth-order valence-electron chi connectivity index (χ4n) is 1.61. The Bertz CT molecular complexity index is 509. The number of benzene rings is 1. The van der Waals surface area contributed by atoms with Gasteiger partial charge in [0.05, 0.1) is 0 Å². The second-order valence-corrected chi connectivity index (χ2v) is 3.68. The maximum atomic E-state index is 11.9. The van der Waals surface area contributed by atoms with Crippen molar-refractivity contribution >= 4 is 11.7 Å². The normalized spacial score (nSPS) is 9.94. The van der Waals surface area contributed by atoms with Gasteiger partial charge >= 0.3 is 0 Å². The molecule has 0 saturated heterocycles. The van der Waals surface area contributed by atoms with Gasteiger partial charge in [-0.3, -0.25) is 4.79 Å². The lowest BCUT2D eigenvalue weighted by atomic mass is 10.2. The molecular formula is C14H14N2O. The van der Waals surface area contributed by atoms with Crippen LogP contribution in [0.5, 0.6) is 0 Å². The summed E-state index contributed by atoms with van der Waals surface area (Å²) < 4.78 is 0. The van der Waals surface area contributed by atoms with Gasteiger partial charge in [0, 0.05) is 11.8 Å². The number of nitrogens with one attached hydrogen (secondary N) is 1. The van der Waals surface area contributed by atoms with Crippen molar-refractivity contribution in [2.75, 3.05) is 5.32 Å². The minimum Gasteiger partial charge on any atom is -0.306 e. The van der Waals surface area contributed by atoms with E-state index in [4.69, 9.17) is 0 Å². The van der Waals surface area contributed by atoms with E-state index < -0.39 is 0 Å². The summed E-state index contributed by atoms with van der Waals surface area (Å²) in [6.45, 7) is 2.04. The molecule has 0 spiro atoms. The van der Waals surface area contributed by atoms with Crippen molar-refractivity contribution in [2.45, 2.75) is 13.3 Å². The Morgan fingerprint density at radius 2 is 1.94 bits per heavy atom. The predicted molar refractivity (Wildman–Crippen MR) is 68.0 cm³/mol. The first-order valence-corrected chi connectivity index (χ1v) is 5.61. The lowest BCUT2D eigenvalue weighted by Gasteiger charge is -2.08. The zero-order valence-corrected chi connectivity index (χ0v) is 9.68. The number of anilines is 1. The third-order valence-electron chi connectivity index (χ3n) is 2.54. The van der Waals surface area contributed by atoms with Gasteiger partial charge in [0.2, 0.25) is 0 Å². The molecule has 3 heteroatoms. The Hall–Kier alpha value is -2.16. The minimum absolute atomic E-state index is 0.126. The van der Waals surface area contributed by atoms with Gasteiger partial charge in [-0.25, -0.2) is 4.98 Å². The van der Waals surface area contributed by atoms with Gasteiger partial charge in [0.25, 0.3) is 5.91 Å². The maximum Gasteiger partial charge on any atom is 0.256 e. The standard InChI is InChI=1S/C14H14N2O/c1-2-11-9-6-10-15-13(11)16-14(17)12-7-4-3-5-8-12/h3-10H,2H2,1H3,(H,15,16,17). The van der Waals surface area contributed by atoms with E-state index in [0.717, 1.165) is 12.0 Å². The Balaban J connectivity index is 2.19. The van der Waals surface area contributed by atoms with Crippen molar-refractivity contribution in [1.29, 1.82) is 0 Å². The van der Waals surface area contributed by atoms with Crippen LogP contribution in [0.3, 0.4) is 0 Å². The quantitative estimate of drug-likeness (QED) is 0.874. The molecule has 0 bridgehead atoms. The highest BCUT2D eigenvalue weighted by molar-refractivity contribution is 6.04. The van der Waals surface area contributed by atoms with Gasteiger partial charge < -0.3 is 5.32 Å². The number of hydrogen-bond acceptors (Lipinski definition) is 2. The number of hydrogen-bond donors (Lipinski definition) is 1. The van der Waals surface area contributed by atoms with Crippen LogP contribution in [-0.4, -0.2) is 10.9 Å². The first kappa shape index (κ1) is 11.3. The van der Waals surface area contributed by atoms with Gasteiger partial charge in [0.1, 0.15) is 5.82 Å². The number of carbonyl (C=O) groups is 1. The third-order valence-corrected chi connectivity index (χ3v) is 2.54. The highest BCUT2D eigenvalue weighted by Crippen LogP contribution is 2.13. The zero-order valence-electron chi connectivity index (χ0n) is 9.68. The summed E-state index contributed by atoms with van der Waals surface area (Å²) in [7, 11) is 0. The molecule has 1 N–H and O–H groups in total. The third kappa shape index (κ3) is 2.69. The topological polar surface area (TPSA) is 42.0 Å². The molecule has 0 aliphatic rings. The molecule has 3 nitrogen and oxygen atoms in total. The van der Waals surface area contributed by atoms with Gasteiger partial charge in [-0.05, 0) is 30.2 Å². The lowest BCUT2D eigenvalue weighted by molar-refractivity contribution is 0.102. The van der Waals surface area contributed by atoms with Crippen molar-refractivity contribution in [3.8, 4) is 0 Å². The summed E-state index contributed by atoms with van der Waals surface area (Å²) in [4.78, 5) is 16.1. The Kier molecular flexibility index (Phi) is 3.50. The summed E-state index contributed by atoms with van der Waals surface area (Å²) in [5.74, 6) is 0.517. The van der Waals surface area contributed by atoms with Crippen LogP contribution in [0.4, 0.5) is 5.82 Å². The fourth-order valence-corrected chi connectivity index (χ4v) is 1.61. The fraction of sp³-hybridized carbons (Fsp3) is 0.143. The van der Waals surface area contributed by atoms with E-state index >= 15 is 0 Å². The molecular weight excluding hydrogens is 212 g/mol. The predicted octanol–water partition coefficient (Wildman–Crippen LogP) is 2.90. The van der Waals surface area contributed by atoms with Crippen LogP contribution in [0.15, 0.2) is 48.7 Å². The molecule has 17 heavy (non-hydrogen) atoms. The van der Waals surface area contributed by atoms with Crippen molar-refractivity contribution in [3.05, 3.63) is 59.8 Å². The summed E-state index contributed by atoms with van der Waals surface area (Å²) >= 11 is 0. The van der Waals surface area contributed by atoms with Crippen LogP contribution >= 0.6 is 0 Å². The van der Waals surface area contributed by atoms with Gasteiger partial charge in [-0.15, -0.1) is 0 Å². The van der Waals surface area contributed by atoms with Crippen LogP contribution in [0.25, 0.3) is 0 Å². The Labute approximate surface area is 101 Å². The minimum atomic E-state index is -0.126. The number of nitrogens with zero attached hydrogens (tertiary/aromatic N) is 1. The highest BCUT2D eigenvalue weighted by atomic mass is 16.1. The number of aryl methyl sites for hydroxylation is 1. The van der Waals surface area contributed by atoms with Crippen LogP contribution in [-0.2, 0) is 6.42 Å². The lowest BCUT2D eigenvalue weighted by Crippen LogP contribution is -2.14. The summed E-state index contributed by atoms with van der Waals surface area (Å²) in [5, 5.41) is 2.83. The summed E-state index contributed by atoms with van der Waals surface area (Å²) in [5.41, 5.74) is 1.68. The van der Waals surface area contributed by atoms with E-state index in [1.807, 2.05) is 37.3 Å². The van der Waals surface area contributed by atoms with Crippen molar-refractivity contribution in [1.82, 2.24) is 4.98 Å². The average molecular weight is 226 g/mol. The number of pyridine rings is 1. The first-order chi connectivity index (χ1) is 8.31. The van der Waals surface area contributed by atoms with Gasteiger partial charge in [-0.2, -0.15) is 0 Å². The first-order valence-electron chi connectivity index (χ1n) is 5.61. The molecule has 86 valence electrons. The van der Waals surface area contributed by atoms with Gasteiger partial charge in [-0.1, -0.05) is 31.2 Å². The summed E-state index contributed by atoms with van der Waals surface area (Å²) in [6.07, 6.45) is 2.53. The van der Waals surface area contributed by atoms with Crippen LogP contribution in [0.1, 0.15) is 22.8 Å². The SMILES string of the molecule is CCc1cccnc1NC(=O)c1ccccc1. The molecule has 0 unspecified atom stereocenters. The second-order valence-electron chi connectivity index (χ2n) is 3.68. The number of aromatic nitrogens is 1. The number of carbonyl (C=O) groups excluding carboxylic acids is 1. The average Bonchev–Trinajstić information content (AvgIpc) is 2.40. The van der Waals surface area contributed by atoms with E-state index in [2.05, 4.69) is 10.3 Å². The molecule has 0 atom stereocenters. The van der Waals surface area contributed by atoms with E-state index in [-0.39, 0.29) is 5.91 Å². The molecule has 0 aliphatic carbocycles. The molecule has 2 aromatic rings. The number of rotatable bonds is 3. The number of amides is 1. The van der Waals surface area contributed by atoms with Crippen molar-refractivity contribution < 1.29 is 4.79 Å². The summed E-state index contributed by atoms with van der Waals surface area (Å²) in [6, 6.07) is 13.0. The molecule has 1 amide bonds. The zero-order chi connectivity index (χ0) is 12.1. The molecule has 1 aromatic carbocycles. The molecule has 2 rings (SSSR count). The van der Waals surface area contributed by atoms with E-state index in [9.17, 15) is 4.79 Å². The van der Waals surface area contributed by atoms with Gasteiger partial charge in [0.15, 0.2) is 0 Å². The van der Waals surface area contributed by atoms with E-state index in [1.165, 1.54) is 0 Å². The van der Waals surface area contributed by atoms with Crippen LogP contribution < -0.4 is 5.32 Å². The maximum absolute atomic E-state index is 11.9.